The van der Waals surface area contributed by atoms with Crippen molar-refractivity contribution in [3.8, 4) is 5.75 Å². The van der Waals surface area contributed by atoms with Crippen molar-refractivity contribution in [2.75, 3.05) is 12.9 Å². The number of methoxy groups -OCH3 is 1. The van der Waals surface area contributed by atoms with Gasteiger partial charge in [-0.2, -0.15) is 5.10 Å². The van der Waals surface area contributed by atoms with Gasteiger partial charge >= 0.3 is 0 Å². The average molecular weight is 360 g/mol. The molecule has 0 spiro atoms. The van der Waals surface area contributed by atoms with Gasteiger partial charge in [-0.25, -0.2) is 10.4 Å². The van der Waals surface area contributed by atoms with E-state index in [1.54, 1.807) is 24.7 Å². The molecule has 1 N–H and O–H groups in total. The quantitative estimate of drug-likeness (QED) is 0.417. The maximum absolute atomic E-state index is 11.9. The maximum Gasteiger partial charge on any atom is 0.250 e. The van der Waals surface area contributed by atoms with Crippen molar-refractivity contribution in [1.82, 2.24) is 15.0 Å². The number of amides is 1. The molecule has 0 fully saturated rings. The third kappa shape index (κ3) is 3.77. The number of hydrazone groups is 1. The summed E-state index contributed by atoms with van der Waals surface area (Å²) in [6, 6.07) is 9.60. The Bertz CT molecular complexity index is 872. The molecule has 6 nitrogen and oxygen atoms in total. The minimum absolute atomic E-state index is 0.169. The van der Waals surface area contributed by atoms with Gasteiger partial charge in [-0.1, -0.05) is 17.8 Å². The minimum Gasteiger partial charge on any atom is -0.497 e. The molecule has 1 amide bonds. The second-order valence-electron chi connectivity index (χ2n) is 4.91. The van der Waals surface area contributed by atoms with Gasteiger partial charge < -0.3 is 9.30 Å². The highest BCUT2D eigenvalue weighted by molar-refractivity contribution is 7.99. The van der Waals surface area contributed by atoms with Gasteiger partial charge in [0.15, 0.2) is 5.16 Å². The van der Waals surface area contributed by atoms with Crippen LogP contribution < -0.4 is 10.2 Å². The SMILES string of the molecule is COc1ccc2c(c1)nc(SCC(=O)NN=Cc1cccs1)n2C. The number of nitrogens with zero attached hydrogens (tertiary/aromatic N) is 3. The molecule has 124 valence electrons. The van der Waals surface area contributed by atoms with Gasteiger partial charge in [0.2, 0.25) is 0 Å². The smallest absolute Gasteiger partial charge is 0.250 e. The standard InChI is InChI=1S/C16H16N4O2S2/c1-20-14-6-5-11(22-2)8-13(14)18-16(20)24-10-15(21)19-17-9-12-4-3-7-23-12/h3-9H,10H2,1-2H3,(H,19,21). The number of hydrogen-bond donors (Lipinski definition) is 1. The molecule has 0 atom stereocenters. The van der Waals surface area contributed by atoms with Crippen molar-refractivity contribution in [1.29, 1.82) is 0 Å². The van der Waals surface area contributed by atoms with Crippen LogP contribution in [0.1, 0.15) is 4.88 Å². The van der Waals surface area contributed by atoms with E-state index < -0.39 is 0 Å². The number of aryl methyl sites for hydroxylation is 1. The molecule has 0 saturated carbocycles. The van der Waals surface area contributed by atoms with Crippen molar-refractivity contribution >= 4 is 46.3 Å². The van der Waals surface area contributed by atoms with E-state index in [1.807, 2.05) is 47.3 Å². The molecule has 1 aromatic carbocycles. The van der Waals surface area contributed by atoms with Crippen molar-refractivity contribution < 1.29 is 9.53 Å². The van der Waals surface area contributed by atoms with Gasteiger partial charge in [0.1, 0.15) is 5.75 Å². The lowest BCUT2D eigenvalue weighted by Crippen LogP contribution is -2.19. The van der Waals surface area contributed by atoms with Gasteiger partial charge in [-0.3, -0.25) is 4.79 Å². The molecule has 0 unspecified atom stereocenters. The van der Waals surface area contributed by atoms with Gasteiger partial charge in [0.05, 0.1) is 30.1 Å². The number of aromatic nitrogens is 2. The number of thioether (sulfide) groups is 1. The Morgan fingerprint density at radius 1 is 1.50 bits per heavy atom. The number of nitrogens with one attached hydrogen (secondary N) is 1. The highest BCUT2D eigenvalue weighted by Gasteiger charge is 2.11. The van der Waals surface area contributed by atoms with Gasteiger partial charge in [0.25, 0.3) is 5.91 Å². The summed E-state index contributed by atoms with van der Waals surface area (Å²) in [7, 11) is 3.55. The van der Waals surface area contributed by atoms with Crippen molar-refractivity contribution in [3.63, 3.8) is 0 Å². The predicted molar refractivity (Wildman–Crippen MR) is 98.0 cm³/mol. The number of imidazole rings is 1. The minimum atomic E-state index is -0.169. The van der Waals surface area contributed by atoms with Crippen LogP contribution in [-0.4, -0.2) is 34.5 Å². The predicted octanol–water partition coefficient (Wildman–Crippen LogP) is 2.89. The Morgan fingerprint density at radius 3 is 3.12 bits per heavy atom. The first-order chi connectivity index (χ1) is 11.7. The van der Waals surface area contributed by atoms with Gasteiger partial charge in [-0.15, -0.1) is 11.3 Å². The Hall–Kier alpha value is -2.32. The zero-order valence-electron chi connectivity index (χ0n) is 13.2. The molecule has 2 heterocycles. The first-order valence-electron chi connectivity index (χ1n) is 7.16. The Balaban J connectivity index is 1.60. The number of hydrogen-bond acceptors (Lipinski definition) is 6. The molecule has 0 bridgehead atoms. The summed E-state index contributed by atoms with van der Waals surface area (Å²) >= 11 is 2.93. The van der Waals surface area contributed by atoms with Crippen LogP contribution >= 0.6 is 23.1 Å². The number of carbonyl (C=O) groups excluding carboxylic acids is 1. The normalized spacial score (nSPS) is 11.2. The van der Waals surface area contributed by atoms with E-state index >= 15 is 0 Å². The lowest BCUT2D eigenvalue weighted by Gasteiger charge is -2.02. The fourth-order valence-corrected chi connectivity index (χ4v) is 3.47. The number of thiophene rings is 1. The van der Waals surface area contributed by atoms with Crippen LogP contribution in [0.25, 0.3) is 11.0 Å². The van der Waals surface area contributed by atoms with E-state index in [0.717, 1.165) is 26.8 Å². The molecule has 2 aromatic heterocycles. The van der Waals surface area contributed by atoms with E-state index in [9.17, 15) is 4.79 Å². The molecule has 24 heavy (non-hydrogen) atoms. The summed E-state index contributed by atoms with van der Waals surface area (Å²) in [6.45, 7) is 0. The van der Waals surface area contributed by atoms with Gasteiger partial charge in [0, 0.05) is 18.0 Å². The van der Waals surface area contributed by atoms with E-state index in [4.69, 9.17) is 4.74 Å². The number of carbonyl (C=O) groups is 1. The lowest BCUT2D eigenvalue weighted by molar-refractivity contribution is -0.118. The van der Waals surface area contributed by atoms with E-state index in [-0.39, 0.29) is 11.7 Å². The van der Waals surface area contributed by atoms with Crippen LogP contribution in [0.2, 0.25) is 0 Å². The Kier molecular flexibility index (Phi) is 5.17. The third-order valence-corrected chi connectivity index (χ3v) is 5.14. The van der Waals surface area contributed by atoms with Crippen molar-refractivity contribution in [3.05, 3.63) is 40.6 Å². The first-order valence-corrected chi connectivity index (χ1v) is 9.02. The number of ether oxygens (including phenoxy) is 1. The number of fused-ring (bicyclic) bond motifs is 1. The van der Waals surface area contributed by atoms with Gasteiger partial charge in [-0.05, 0) is 23.6 Å². The molecule has 0 saturated heterocycles. The van der Waals surface area contributed by atoms with Crippen molar-refractivity contribution in [2.24, 2.45) is 12.1 Å². The number of rotatable bonds is 6. The third-order valence-electron chi connectivity index (χ3n) is 3.30. The average Bonchev–Trinajstić information content (AvgIpc) is 3.21. The molecule has 0 aliphatic rings. The van der Waals surface area contributed by atoms with Crippen LogP contribution in [-0.2, 0) is 11.8 Å². The fraction of sp³-hybridized carbons (Fsp3) is 0.188. The van der Waals surface area contributed by atoms with Crippen molar-refractivity contribution in [2.45, 2.75) is 5.16 Å². The molecule has 8 heteroatoms. The van der Waals surface area contributed by atoms with E-state index in [0.29, 0.717) is 0 Å². The molecule has 0 radical (unpaired) electrons. The zero-order chi connectivity index (χ0) is 16.9. The monoisotopic (exact) mass is 360 g/mol. The molecular formula is C16H16N4O2S2. The second kappa shape index (κ2) is 7.50. The molecule has 3 rings (SSSR count). The van der Waals surface area contributed by atoms with Crippen LogP contribution in [0.15, 0.2) is 46.0 Å². The zero-order valence-corrected chi connectivity index (χ0v) is 14.9. The molecular weight excluding hydrogens is 344 g/mol. The maximum atomic E-state index is 11.9. The first kappa shape index (κ1) is 16.5. The Morgan fingerprint density at radius 2 is 2.38 bits per heavy atom. The Labute approximate surface area is 147 Å². The number of benzene rings is 1. The second-order valence-corrected chi connectivity index (χ2v) is 6.83. The molecule has 0 aliphatic carbocycles. The largest absolute Gasteiger partial charge is 0.497 e. The van der Waals surface area contributed by atoms with Crippen LogP contribution in [0.4, 0.5) is 0 Å². The topological polar surface area (TPSA) is 68.5 Å². The van der Waals surface area contributed by atoms with E-state index in [1.165, 1.54) is 11.8 Å². The fourth-order valence-electron chi connectivity index (χ4n) is 2.11. The lowest BCUT2D eigenvalue weighted by atomic mass is 10.3. The van der Waals surface area contributed by atoms with E-state index in [2.05, 4.69) is 15.5 Å². The van der Waals surface area contributed by atoms with Crippen LogP contribution in [0.3, 0.4) is 0 Å². The summed E-state index contributed by atoms with van der Waals surface area (Å²) in [6.07, 6.45) is 1.63. The summed E-state index contributed by atoms with van der Waals surface area (Å²) in [5, 5.41) is 6.67. The highest BCUT2D eigenvalue weighted by Crippen LogP contribution is 2.25. The highest BCUT2D eigenvalue weighted by atomic mass is 32.2. The van der Waals surface area contributed by atoms with Crippen LogP contribution in [0, 0.1) is 0 Å². The summed E-state index contributed by atoms with van der Waals surface area (Å²) in [4.78, 5) is 17.4. The molecule has 0 aliphatic heterocycles. The van der Waals surface area contributed by atoms with Crippen LogP contribution in [0.5, 0.6) is 5.75 Å². The summed E-state index contributed by atoms with van der Waals surface area (Å²) in [5.41, 5.74) is 4.36. The summed E-state index contributed by atoms with van der Waals surface area (Å²) < 4.78 is 7.17. The molecule has 3 aromatic rings. The summed E-state index contributed by atoms with van der Waals surface area (Å²) in [5.74, 6) is 0.839.